The first-order valence-electron chi connectivity index (χ1n) is 8.09. The Morgan fingerprint density at radius 3 is 2.50 bits per heavy atom. The van der Waals surface area contributed by atoms with E-state index < -0.39 is 0 Å². The van der Waals surface area contributed by atoms with E-state index in [1.54, 1.807) is 7.11 Å². The summed E-state index contributed by atoms with van der Waals surface area (Å²) >= 11 is 3.46. The second-order valence-corrected chi connectivity index (χ2v) is 6.65. The van der Waals surface area contributed by atoms with Gasteiger partial charge in [-0.2, -0.15) is 0 Å². The molecule has 0 saturated carbocycles. The van der Waals surface area contributed by atoms with E-state index in [0.29, 0.717) is 11.4 Å². The van der Waals surface area contributed by atoms with Crippen LogP contribution in [0.1, 0.15) is 31.9 Å². The minimum Gasteiger partial charge on any atom is -0.495 e. The largest absolute Gasteiger partial charge is 0.495 e. The topological polar surface area (TPSA) is 54.9 Å². The quantitative estimate of drug-likeness (QED) is 0.758. The van der Waals surface area contributed by atoms with Crippen molar-refractivity contribution in [2.45, 2.75) is 32.4 Å². The molecule has 2 atom stereocenters. The van der Waals surface area contributed by atoms with Gasteiger partial charge in [-0.05, 0) is 31.2 Å². The highest BCUT2D eigenvalue weighted by Gasteiger charge is 2.22. The summed E-state index contributed by atoms with van der Waals surface area (Å²) in [5, 5.41) is 5.05. The maximum Gasteiger partial charge on any atom is 0.282 e. The molecule has 3 N–H and O–H groups in total. The summed E-state index contributed by atoms with van der Waals surface area (Å²) in [6.45, 7) is 4.06. The highest BCUT2D eigenvalue weighted by molar-refractivity contribution is 9.10. The third-order valence-electron chi connectivity index (χ3n) is 4.04. The van der Waals surface area contributed by atoms with Crippen LogP contribution in [0.3, 0.4) is 0 Å². The minimum atomic E-state index is -0.205. The first-order valence-corrected chi connectivity index (χ1v) is 8.88. The van der Waals surface area contributed by atoms with Crippen LogP contribution in [0.2, 0.25) is 0 Å². The van der Waals surface area contributed by atoms with Crippen molar-refractivity contribution in [2.75, 3.05) is 12.4 Å². The summed E-state index contributed by atoms with van der Waals surface area (Å²) in [5.74, 6) is 0.632. The average Bonchev–Trinajstić information content (AvgIpc) is 2.60. The van der Waals surface area contributed by atoms with Crippen LogP contribution in [0.5, 0.6) is 5.75 Å². The molecule has 0 aliphatic heterocycles. The number of carbonyl (C=O) groups is 1. The molecular formula is C19H24BrN2O2+. The van der Waals surface area contributed by atoms with Gasteiger partial charge in [0.1, 0.15) is 11.8 Å². The van der Waals surface area contributed by atoms with Gasteiger partial charge in [0.25, 0.3) is 5.91 Å². The number of carbonyl (C=O) groups excluding carboxylic acids is 1. The van der Waals surface area contributed by atoms with Crippen LogP contribution in [0.4, 0.5) is 5.69 Å². The van der Waals surface area contributed by atoms with Gasteiger partial charge in [-0.25, -0.2) is 0 Å². The van der Waals surface area contributed by atoms with Gasteiger partial charge in [0.15, 0.2) is 6.04 Å². The number of benzene rings is 2. The zero-order valence-electron chi connectivity index (χ0n) is 14.3. The molecule has 0 spiro atoms. The van der Waals surface area contributed by atoms with Crippen molar-refractivity contribution in [1.82, 2.24) is 0 Å². The number of rotatable bonds is 7. The van der Waals surface area contributed by atoms with Crippen molar-refractivity contribution in [3.05, 3.63) is 58.6 Å². The summed E-state index contributed by atoms with van der Waals surface area (Å²) in [7, 11) is 1.60. The molecule has 2 rings (SSSR count). The Kier molecular flexibility index (Phi) is 6.82. The number of nitrogens with two attached hydrogens (primary N) is 1. The highest BCUT2D eigenvalue weighted by Crippen LogP contribution is 2.23. The molecule has 24 heavy (non-hydrogen) atoms. The monoisotopic (exact) mass is 391 g/mol. The van der Waals surface area contributed by atoms with E-state index in [4.69, 9.17) is 4.74 Å². The molecule has 0 heterocycles. The molecule has 0 saturated heterocycles. The molecule has 0 aromatic heterocycles. The first kappa shape index (κ1) is 18.5. The molecule has 0 aliphatic rings. The predicted octanol–water partition coefficient (Wildman–Crippen LogP) is 3.50. The lowest BCUT2D eigenvalue weighted by atomic mass is 10.0. The standard InChI is InChI=1S/C19H23BrN2O2/c1-4-16(14-9-11-15(20)12-10-14)21-13(2)19(23)22-17-7-5-6-8-18(17)24-3/h5-13,16,21H,4H2,1-3H3,(H,22,23)/p+1/t13-,16-/m0/s1. The number of amides is 1. The number of hydrogen-bond acceptors (Lipinski definition) is 2. The molecule has 0 radical (unpaired) electrons. The first-order chi connectivity index (χ1) is 11.5. The van der Waals surface area contributed by atoms with E-state index >= 15 is 0 Å². The highest BCUT2D eigenvalue weighted by atomic mass is 79.9. The molecule has 128 valence electrons. The van der Waals surface area contributed by atoms with Crippen LogP contribution in [-0.4, -0.2) is 19.1 Å². The molecule has 1 amide bonds. The Morgan fingerprint density at radius 1 is 1.21 bits per heavy atom. The van der Waals surface area contributed by atoms with Gasteiger partial charge in [-0.3, -0.25) is 4.79 Å². The molecule has 0 fully saturated rings. The third kappa shape index (κ3) is 4.82. The maximum absolute atomic E-state index is 12.5. The van der Waals surface area contributed by atoms with Gasteiger partial charge in [-0.15, -0.1) is 0 Å². The van der Waals surface area contributed by atoms with Crippen LogP contribution < -0.4 is 15.4 Å². The summed E-state index contributed by atoms with van der Waals surface area (Å²) in [6.07, 6.45) is 0.952. The van der Waals surface area contributed by atoms with Crippen LogP contribution >= 0.6 is 15.9 Å². The number of quaternary nitrogens is 1. The van der Waals surface area contributed by atoms with Crippen LogP contribution in [0, 0.1) is 0 Å². The molecule has 2 aromatic rings. The Bertz CT molecular complexity index is 673. The third-order valence-corrected chi connectivity index (χ3v) is 4.57. The molecular weight excluding hydrogens is 368 g/mol. The van der Waals surface area contributed by atoms with Gasteiger partial charge >= 0.3 is 0 Å². The molecule has 0 unspecified atom stereocenters. The van der Waals surface area contributed by atoms with E-state index in [1.165, 1.54) is 5.56 Å². The van der Waals surface area contributed by atoms with Crippen molar-refractivity contribution >= 4 is 27.5 Å². The van der Waals surface area contributed by atoms with Crippen LogP contribution in [-0.2, 0) is 4.79 Å². The van der Waals surface area contributed by atoms with Gasteiger partial charge in [0, 0.05) is 16.5 Å². The van der Waals surface area contributed by atoms with Crippen molar-refractivity contribution in [3.63, 3.8) is 0 Å². The number of nitrogens with one attached hydrogen (secondary N) is 1. The lowest BCUT2D eigenvalue weighted by Gasteiger charge is -2.19. The fourth-order valence-corrected chi connectivity index (χ4v) is 2.89. The van der Waals surface area contributed by atoms with E-state index in [9.17, 15) is 4.79 Å². The average molecular weight is 392 g/mol. The summed E-state index contributed by atoms with van der Waals surface area (Å²) in [5.41, 5.74) is 1.92. The Morgan fingerprint density at radius 2 is 1.88 bits per heavy atom. The second kappa shape index (κ2) is 8.85. The lowest BCUT2D eigenvalue weighted by molar-refractivity contribution is -0.713. The van der Waals surface area contributed by atoms with Gasteiger partial charge in [-0.1, -0.05) is 47.1 Å². The summed E-state index contributed by atoms with van der Waals surface area (Å²) in [4.78, 5) is 12.5. The number of methoxy groups -OCH3 is 1. The summed E-state index contributed by atoms with van der Waals surface area (Å²) in [6, 6.07) is 15.7. The van der Waals surface area contributed by atoms with E-state index in [1.807, 2.05) is 43.3 Å². The normalized spacial score (nSPS) is 13.2. The Hall–Kier alpha value is -1.85. The smallest absolute Gasteiger partial charge is 0.282 e. The van der Waals surface area contributed by atoms with Gasteiger partial charge in [0.2, 0.25) is 0 Å². The van der Waals surface area contributed by atoms with Crippen molar-refractivity contribution in [2.24, 2.45) is 0 Å². The van der Waals surface area contributed by atoms with Crippen LogP contribution in [0.15, 0.2) is 53.0 Å². The molecule has 0 bridgehead atoms. The Balaban J connectivity index is 2.03. The second-order valence-electron chi connectivity index (χ2n) is 5.74. The SMILES string of the molecule is CC[C@H]([NH2+][C@@H](C)C(=O)Nc1ccccc1OC)c1ccc(Br)cc1. The van der Waals surface area contributed by atoms with Gasteiger partial charge in [0.05, 0.1) is 12.8 Å². The minimum absolute atomic E-state index is 0.0324. The van der Waals surface area contributed by atoms with E-state index in [-0.39, 0.29) is 18.0 Å². The van der Waals surface area contributed by atoms with Crippen molar-refractivity contribution in [3.8, 4) is 5.75 Å². The predicted molar refractivity (Wildman–Crippen MR) is 100 cm³/mol. The zero-order valence-corrected chi connectivity index (χ0v) is 15.8. The number of anilines is 1. The van der Waals surface area contributed by atoms with Crippen molar-refractivity contribution in [1.29, 1.82) is 0 Å². The number of para-hydroxylation sites is 2. The lowest BCUT2D eigenvalue weighted by Crippen LogP contribution is -2.92. The fourth-order valence-electron chi connectivity index (χ4n) is 2.62. The number of halogens is 1. The number of ether oxygens (including phenoxy) is 1. The maximum atomic E-state index is 12.5. The zero-order chi connectivity index (χ0) is 17.5. The Labute approximate surface area is 151 Å². The van der Waals surface area contributed by atoms with E-state index in [2.05, 4.69) is 45.6 Å². The molecule has 4 nitrogen and oxygen atoms in total. The molecule has 5 heteroatoms. The van der Waals surface area contributed by atoms with Crippen molar-refractivity contribution < 1.29 is 14.8 Å². The summed E-state index contributed by atoms with van der Waals surface area (Å²) < 4.78 is 6.34. The van der Waals surface area contributed by atoms with Gasteiger partial charge < -0.3 is 15.4 Å². The van der Waals surface area contributed by atoms with E-state index in [0.717, 1.165) is 10.9 Å². The molecule has 2 aromatic carbocycles. The number of hydrogen-bond donors (Lipinski definition) is 2. The molecule has 0 aliphatic carbocycles. The fraction of sp³-hybridized carbons (Fsp3) is 0.316. The van der Waals surface area contributed by atoms with Crippen LogP contribution in [0.25, 0.3) is 0 Å².